The maximum absolute atomic E-state index is 4.18. The van der Waals surface area contributed by atoms with E-state index >= 15 is 0 Å². The second-order valence-electron chi connectivity index (χ2n) is 4.57. The lowest BCUT2D eigenvalue weighted by atomic mass is 9.91. The van der Waals surface area contributed by atoms with Crippen molar-refractivity contribution in [3.8, 4) is 22.3 Å². The average Bonchev–Trinajstić information content (AvgIpc) is 2.49. The highest BCUT2D eigenvalue weighted by Crippen LogP contribution is 2.34. The van der Waals surface area contributed by atoms with Gasteiger partial charge in [-0.1, -0.05) is 78.9 Å². The van der Waals surface area contributed by atoms with Gasteiger partial charge in [-0.25, -0.2) is 0 Å². The molecule has 1 radical (unpaired) electrons. The fraction of sp³-hybridized carbons (Fsp3) is 0. The van der Waals surface area contributed by atoms with Crippen LogP contribution in [0.25, 0.3) is 22.3 Å². The zero-order chi connectivity index (χ0) is 13.1. The van der Waals surface area contributed by atoms with Crippen LogP contribution in [0.4, 0.5) is 0 Å². The minimum absolute atomic E-state index is 1.06. The van der Waals surface area contributed by atoms with E-state index in [2.05, 4.69) is 73.7 Å². The molecule has 0 saturated carbocycles. The van der Waals surface area contributed by atoms with Crippen LogP contribution in [0.3, 0.4) is 0 Å². The van der Waals surface area contributed by atoms with E-state index < -0.39 is 0 Å². The number of hydrogen-bond acceptors (Lipinski definition) is 0. The van der Waals surface area contributed by atoms with Crippen LogP contribution >= 0.6 is 0 Å². The van der Waals surface area contributed by atoms with Gasteiger partial charge < -0.3 is 0 Å². The minimum atomic E-state index is 1.06. The van der Waals surface area contributed by atoms with Gasteiger partial charge in [0.1, 0.15) is 0 Å². The summed E-state index contributed by atoms with van der Waals surface area (Å²) in [4.78, 5) is 0. The van der Waals surface area contributed by atoms with E-state index in [1.54, 1.807) is 0 Å². The lowest BCUT2D eigenvalue weighted by Gasteiger charge is -2.13. The fourth-order valence-electron chi connectivity index (χ4n) is 2.40. The quantitative estimate of drug-likeness (QED) is 0.580. The Bertz CT molecular complexity index is 667. The summed E-state index contributed by atoms with van der Waals surface area (Å²) < 4.78 is 0. The summed E-state index contributed by atoms with van der Waals surface area (Å²) in [7, 11) is 0. The molecule has 0 aliphatic carbocycles. The molecule has 0 heteroatoms. The summed E-state index contributed by atoms with van der Waals surface area (Å²) in [6.07, 6.45) is 0. The summed E-state index contributed by atoms with van der Waals surface area (Å²) in [5.41, 5.74) is 5.96. The first-order chi connectivity index (χ1) is 9.36. The van der Waals surface area contributed by atoms with Crippen molar-refractivity contribution in [3.63, 3.8) is 0 Å². The van der Waals surface area contributed by atoms with Gasteiger partial charge in [-0.05, 0) is 34.7 Å². The van der Waals surface area contributed by atoms with Crippen molar-refractivity contribution < 1.29 is 0 Å². The lowest BCUT2D eigenvalue weighted by Crippen LogP contribution is -1.88. The van der Waals surface area contributed by atoms with E-state index in [0.717, 1.165) is 5.56 Å². The van der Waals surface area contributed by atoms with E-state index in [1.165, 1.54) is 22.3 Å². The second kappa shape index (κ2) is 5.11. The molecule has 0 N–H and O–H groups in total. The van der Waals surface area contributed by atoms with Gasteiger partial charge in [0.05, 0.1) is 0 Å². The first-order valence-electron chi connectivity index (χ1n) is 6.42. The van der Waals surface area contributed by atoms with E-state index in [0.29, 0.717) is 0 Å². The third-order valence-electron chi connectivity index (χ3n) is 3.30. The molecule has 0 nitrogen and oxygen atoms in total. The average molecular weight is 243 g/mol. The van der Waals surface area contributed by atoms with Crippen LogP contribution in [0.5, 0.6) is 0 Å². The number of benzene rings is 3. The van der Waals surface area contributed by atoms with Gasteiger partial charge in [0, 0.05) is 0 Å². The Balaban J connectivity index is 2.25. The highest BCUT2D eigenvalue weighted by molar-refractivity contribution is 5.86. The largest absolute Gasteiger partial charge is 0.0622 e. The molecule has 0 aliphatic heterocycles. The number of hydrogen-bond donors (Lipinski definition) is 0. The van der Waals surface area contributed by atoms with Crippen molar-refractivity contribution in [2.75, 3.05) is 0 Å². The molecule has 19 heavy (non-hydrogen) atoms. The lowest BCUT2D eigenvalue weighted by molar-refractivity contribution is 1.54. The van der Waals surface area contributed by atoms with Crippen molar-refractivity contribution in [2.45, 2.75) is 0 Å². The molecule has 3 aromatic carbocycles. The molecule has 0 unspecified atom stereocenters. The second-order valence-corrected chi connectivity index (χ2v) is 4.57. The van der Waals surface area contributed by atoms with Gasteiger partial charge in [0.15, 0.2) is 0 Å². The Labute approximate surface area is 114 Å². The Hall–Kier alpha value is -2.34. The molecule has 0 amide bonds. The third-order valence-corrected chi connectivity index (χ3v) is 3.30. The van der Waals surface area contributed by atoms with Gasteiger partial charge in [0.25, 0.3) is 0 Å². The first kappa shape index (κ1) is 11.7. The highest BCUT2D eigenvalue weighted by atomic mass is 14.1. The highest BCUT2D eigenvalue weighted by Gasteiger charge is 2.09. The predicted octanol–water partition coefficient (Wildman–Crippen LogP) is 5.20. The third kappa shape index (κ3) is 2.30. The summed E-state index contributed by atoms with van der Waals surface area (Å²) >= 11 is 0. The van der Waals surface area contributed by atoms with Gasteiger partial charge in [-0.15, -0.1) is 0 Å². The molecule has 0 saturated heterocycles. The zero-order valence-electron chi connectivity index (χ0n) is 10.7. The molecule has 0 bridgehead atoms. The van der Waals surface area contributed by atoms with Crippen LogP contribution < -0.4 is 0 Å². The molecular formula is C19H15. The predicted molar refractivity (Wildman–Crippen MR) is 81.8 cm³/mol. The van der Waals surface area contributed by atoms with Gasteiger partial charge in [-0.3, -0.25) is 0 Å². The zero-order valence-corrected chi connectivity index (χ0v) is 10.7. The van der Waals surface area contributed by atoms with Crippen molar-refractivity contribution in [1.82, 2.24) is 0 Å². The SMILES string of the molecule is [CH2]c1cccc(-c2ccccc2)c1-c1ccccc1. The molecule has 0 atom stereocenters. The Morgan fingerprint density at radius 1 is 0.526 bits per heavy atom. The van der Waals surface area contributed by atoms with Gasteiger partial charge >= 0.3 is 0 Å². The standard InChI is InChI=1S/C19H15/c1-15-9-8-14-18(16-10-4-2-5-11-16)19(15)17-12-6-3-7-13-17/h2-14H,1H2. The fourth-order valence-corrected chi connectivity index (χ4v) is 2.40. The van der Waals surface area contributed by atoms with E-state index in [4.69, 9.17) is 0 Å². The maximum atomic E-state index is 4.18. The van der Waals surface area contributed by atoms with Gasteiger partial charge in [0.2, 0.25) is 0 Å². The van der Waals surface area contributed by atoms with Crippen molar-refractivity contribution in [2.24, 2.45) is 0 Å². The Morgan fingerprint density at radius 3 is 1.74 bits per heavy atom. The van der Waals surface area contributed by atoms with Crippen molar-refractivity contribution >= 4 is 0 Å². The topological polar surface area (TPSA) is 0 Å². The van der Waals surface area contributed by atoms with Crippen LogP contribution in [0.1, 0.15) is 5.56 Å². The smallest absolute Gasteiger partial charge is 0.00732 e. The van der Waals surface area contributed by atoms with Crippen LogP contribution in [0.2, 0.25) is 0 Å². The van der Waals surface area contributed by atoms with Crippen LogP contribution in [-0.4, -0.2) is 0 Å². The monoisotopic (exact) mass is 243 g/mol. The van der Waals surface area contributed by atoms with E-state index in [9.17, 15) is 0 Å². The van der Waals surface area contributed by atoms with Crippen molar-refractivity contribution in [1.29, 1.82) is 0 Å². The molecular weight excluding hydrogens is 228 g/mol. The molecule has 0 heterocycles. The Morgan fingerprint density at radius 2 is 1.11 bits per heavy atom. The molecule has 91 valence electrons. The minimum Gasteiger partial charge on any atom is -0.0622 e. The molecule has 3 rings (SSSR count). The first-order valence-corrected chi connectivity index (χ1v) is 6.42. The normalized spacial score (nSPS) is 10.4. The van der Waals surface area contributed by atoms with Gasteiger partial charge in [-0.2, -0.15) is 0 Å². The summed E-state index contributed by atoms with van der Waals surface area (Å²) in [6.45, 7) is 4.18. The summed E-state index contributed by atoms with van der Waals surface area (Å²) in [6, 6.07) is 27.2. The van der Waals surface area contributed by atoms with E-state index in [1.807, 2.05) is 12.1 Å². The molecule has 0 aliphatic rings. The summed E-state index contributed by atoms with van der Waals surface area (Å²) in [5.74, 6) is 0. The molecule has 3 aromatic rings. The van der Waals surface area contributed by atoms with Crippen molar-refractivity contribution in [3.05, 3.63) is 91.3 Å². The Kier molecular flexibility index (Phi) is 3.16. The summed E-state index contributed by atoms with van der Waals surface area (Å²) in [5, 5.41) is 0. The molecule has 0 spiro atoms. The molecule has 0 aromatic heterocycles. The number of rotatable bonds is 2. The molecule has 0 fully saturated rings. The van der Waals surface area contributed by atoms with Crippen LogP contribution in [0.15, 0.2) is 78.9 Å². The maximum Gasteiger partial charge on any atom is -0.00732 e. The van der Waals surface area contributed by atoms with E-state index in [-0.39, 0.29) is 0 Å². The van der Waals surface area contributed by atoms with Crippen LogP contribution in [0, 0.1) is 6.92 Å². The van der Waals surface area contributed by atoms with Crippen LogP contribution in [-0.2, 0) is 0 Å².